The number of amides is 1. The smallest absolute Gasteiger partial charge is 0.261 e. The summed E-state index contributed by atoms with van der Waals surface area (Å²) in [4.78, 5) is 12.1. The second-order valence-electron chi connectivity index (χ2n) is 5.87. The number of nitrogens with one attached hydrogen (secondary N) is 2. The van der Waals surface area contributed by atoms with Crippen molar-refractivity contribution in [2.45, 2.75) is 18.7 Å². The summed E-state index contributed by atoms with van der Waals surface area (Å²) in [6.07, 6.45) is 0. The first-order valence-corrected chi connectivity index (χ1v) is 9.10. The van der Waals surface area contributed by atoms with Crippen molar-refractivity contribution in [3.05, 3.63) is 53.6 Å². The van der Waals surface area contributed by atoms with E-state index in [2.05, 4.69) is 10.0 Å². The lowest BCUT2D eigenvalue weighted by molar-refractivity contribution is -0.110. The van der Waals surface area contributed by atoms with E-state index in [0.29, 0.717) is 28.3 Å². The summed E-state index contributed by atoms with van der Waals surface area (Å²) in [5, 5.41) is 2.74. The van der Waals surface area contributed by atoms with Gasteiger partial charge in [-0.15, -0.1) is 0 Å². The fraction of sp³-hybridized carbons (Fsp3) is 0.167. The number of hydrogen-bond acceptors (Lipinski definition) is 4. The van der Waals surface area contributed by atoms with E-state index in [0.717, 1.165) is 5.57 Å². The van der Waals surface area contributed by atoms with Gasteiger partial charge in [-0.25, -0.2) is 8.42 Å². The van der Waals surface area contributed by atoms with Gasteiger partial charge in [0.1, 0.15) is 5.75 Å². The van der Waals surface area contributed by atoms with E-state index in [9.17, 15) is 13.2 Å². The molecule has 1 amide bonds. The molecule has 7 heteroatoms. The molecule has 0 spiro atoms. The SMILES string of the molecule is COc1cccc(NS(=O)(=O)c2ccc3c(c2)C(=C(C)C)C(=O)N3)c1. The predicted octanol–water partition coefficient (Wildman–Crippen LogP) is 3.24. The number of ether oxygens (including phenoxy) is 1. The molecule has 0 radical (unpaired) electrons. The lowest BCUT2D eigenvalue weighted by Gasteiger charge is -2.10. The third-order valence-corrected chi connectivity index (χ3v) is 5.25. The first-order valence-electron chi connectivity index (χ1n) is 7.62. The molecule has 1 aliphatic rings. The second-order valence-corrected chi connectivity index (χ2v) is 7.56. The minimum atomic E-state index is -3.79. The maximum absolute atomic E-state index is 12.7. The van der Waals surface area contributed by atoms with E-state index >= 15 is 0 Å². The highest BCUT2D eigenvalue weighted by atomic mass is 32.2. The minimum Gasteiger partial charge on any atom is -0.497 e. The van der Waals surface area contributed by atoms with Crippen molar-refractivity contribution in [3.63, 3.8) is 0 Å². The number of carbonyl (C=O) groups is 1. The third kappa shape index (κ3) is 3.23. The molecule has 25 heavy (non-hydrogen) atoms. The fourth-order valence-electron chi connectivity index (χ4n) is 2.71. The van der Waals surface area contributed by atoms with E-state index in [-0.39, 0.29) is 10.8 Å². The van der Waals surface area contributed by atoms with Crippen molar-refractivity contribution in [2.75, 3.05) is 17.1 Å². The maximum atomic E-state index is 12.7. The zero-order valence-electron chi connectivity index (χ0n) is 14.1. The Bertz CT molecular complexity index is 990. The van der Waals surface area contributed by atoms with E-state index in [1.807, 2.05) is 13.8 Å². The molecule has 1 heterocycles. The summed E-state index contributed by atoms with van der Waals surface area (Å²) < 4.78 is 33.0. The van der Waals surface area contributed by atoms with Crippen LogP contribution in [0.2, 0.25) is 0 Å². The number of methoxy groups -OCH3 is 1. The van der Waals surface area contributed by atoms with Gasteiger partial charge >= 0.3 is 0 Å². The van der Waals surface area contributed by atoms with Crippen molar-refractivity contribution in [1.82, 2.24) is 0 Å². The Hall–Kier alpha value is -2.80. The molecular formula is C18H18N2O4S. The Kier molecular flexibility index (Phi) is 4.26. The Morgan fingerprint density at radius 2 is 1.88 bits per heavy atom. The first kappa shape index (κ1) is 17.0. The van der Waals surface area contributed by atoms with Crippen molar-refractivity contribution < 1.29 is 17.9 Å². The van der Waals surface area contributed by atoms with Gasteiger partial charge in [0, 0.05) is 22.9 Å². The lowest BCUT2D eigenvalue weighted by Crippen LogP contribution is -2.13. The highest BCUT2D eigenvalue weighted by molar-refractivity contribution is 7.92. The molecule has 6 nitrogen and oxygen atoms in total. The summed E-state index contributed by atoms with van der Waals surface area (Å²) in [6, 6.07) is 11.2. The van der Waals surface area contributed by atoms with E-state index in [1.165, 1.54) is 19.2 Å². The monoisotopic (exact) mass is 358 g/mol. The molecule has 0 bridgehead atoms. The van der Waals surface area contributed by atoms with Crippen LogP contribution < -0.4 is 14.8 Å². The highest BCUT2D eigenvalue weighted by Crippen LogP contribution is 2.35. The van der Waals surface area contributed by atoms with E-state index in [1.54, 1.807) is 30.3 Å². The van der Waals surface area contributed by atoms with Crippen molar-refractivity contribution in [1.29, 1.82) is 0 Å². The molecule has 2 aromatic rings. The molecule has 0 saturated heterocycles. The highest BCUT2D eigenvalue weighted by Gasteiger charge is 2.27. The van der Waals surface area contributed by atoms with Gasteiger partial charge in [-0.05, 0) is 44.2 Å². The predicted molar refractivity (Wildman–Crippen MR) is 97.1 cm³/mol. The Labute approximate surface area is 146 Å². The molecule has 3 rings (SSSR count). The van der Waals surface area contributed by atoms with Gasteiger partial charge in [-0.2, -0.15) is 0 Å². The quantitative estimate of drug-likeness (QED) is 0.822. The molecule has 2 aromatic carbocycles. The minimum absolute atomic E-state index is 0.0873. The van der Waals surface area contributed by atoms with Gasteiger partial charge in [-0.1, -0.05) is 11.6 Å². The van der Waals surface area contributed by atoms with Crippen LogP contribution in [0.4, 0.5) is 11.4 Å². The van der Waals surface area contributed by atoms with Gasteiger partial charge in [-0.3, -0.25) is 9.52 Å². The average molecular weight is 358 g/mol. The molecular weight excluding hydrogens is 340 g/mol. The summed E-state index contributed by atoms with van der Waals surface area (Å²) in [5.74, 6) is 0.334. The molecule has 0 unspecified atom stereocenters. The van der Waals surface area contributed by atoms with Crippen LogP contribution in [0.1, 0.15) is 19.4 Å². The van der Waals surface area contributed by atoms with Crippen LogP contribution in [0.5, 0.6) is 5.75 Å². The number of hydrogen-bond donors (Lipinski definition) is 2. The lowest BCUT2D eigenvalue weighted by atomic mass is 10.0. The first-order chi connectivity index (χ1) is 11.8. The maximum Gasteiger partial charge on any atom is 0.261 e. The van der Waals surface area contributed by atoms with Crippen molar-refractivity contribution >= 4 is 32.9 Å². The van der Waals surface area contributed by atoms with Crippen LogP contribution in [-0.2, 0) is 14.8 Å². The molecule has 0 fully saturated rings. The van der Waals surface area contributed by atoms with Gasteiger partial charge in [0.25, 0.3) is 15.9 Å². The molecule has 1 aliphatic heterocycles. The van der Waals surface area contributed by atoms with Gasteiger partial charge in [0.2, 0.25) is 0 Å². The molecule has 0 aromatic heterocycles. The van der Waals surface area contributed by atoms with Crippen LogP contribution in [0.3, 0.4) is 0 Å². The van der Waals surface area contributed by atoms with Crippen molar-refractivity contribution in [2.24, 2.45) is 0 Å². The van der Waals surface area contributed by atoms with Gasteiger partial charge in [0.15, 0.2) is 0 Å². The van der Waals surface area contributed by atoms with Gasteiger partial charge in [0.05, 0.1) is 17.7 Å². The number of anilines is 2. The number of rotatable bonds is 4. The van der Waals surface area contributed by atoms with E-state index < -0.39 is 10.0 Å². The standard InChI is InChI=1S/C18H18N2O4S/c1-11(2)17-15-10-14(7-8-16(15)19-18(17)21)25(22,23)20-12-5-4-6-13(9-12)24-3/h4-10,20H,1-3H3,(H,19,21). The summed E-state index contributed by atoms with van der Waals surface area (Å²) in [6.45, 7) is 3.64. The van der Waals surface area contributed by atoms with Crippen LogP contribution in [-0.4, -0.2) is 21.4 Å². The van der Waals surface area contributed by atoms with E-state index in [4.69, 9.17) is 4.74 Å². The largest absolute Gasteiger partial charge is 0.497 e. The number of fused-ring (bicyclic) bond motifs is 1. The molecule has 0 aliphatic carbocycles. The summed E-state index contributed by atoms with van der Waals surface area (Å²) in [5.41, 5.74) is 2.94. The molecule has 0 atom stereocenters. The second kappa shape index (κ2) is 6.25. The van der Waals surface area contributed by atoms with Crippen LogP contribution in [0, 0.1) is 0 Å². The average Bonchev–Trinajstić information content (AvgIpc) is 2.89. The van der Waals surface area contributed by atoms with Gasteiger partial charge < -0.3 is 10.1 Å². The Morgan fingerprint density at radius 1 is 1.12 bits per heavy atom. The number of allylic oxidation sites excluding steroid dienone is 1. The Morgan fingerprint density at radius 3 is 2.56 bits per heavy atom. The molecule has 0 saturated carbocycles. The molecule has 2 N–H and O–H groups in total. The third-order valence-electron chi connectivity index (χ3n) is 3.87. The van der Waals surface area contributed by atoms with Crippen molar-refractivity contribution in [3.8, 4) is 5.75 Å². The number of sulfonamides is 1. The number of carbonyl (C=O) groups excluding carboxylic acids is 1. The summed E-state index contributed by atoms with van der Waals surface area (Å²) in [7, 11) is -2.28. The molecule has 130 valence electrons. The number of benzene rings is 2. The van der Waals surface area contributed by atoms with Crippen LogP contribution in [0.15, 0.2) is 52.9 Å². The summed E-state index contributed by atoms with van der Waals surface area (Å²) >= 11 is 0. The fourth-order valence-corrected chi connectivity index (χ4v) is 3.79. The normalized spacial score (nSPS) is 13.2. The topological polar surface area (TPSA) is 84.5 Å². The zero-order valence-corrected chi connectivity index (χ0v) is 14.9. The van der Waals surface area contributed by atoms with Crippen LogP contribution in [0.25, 0.3) is 5.57 Å². The Balaban J connectivity index is 1.99. The zero-order chi connectivity index (χ0) is 18.2. The van der Waals surface area contributed by atoms with Crippen LogP contribution >= 0.6 is 0 Å².